The number of hydrogen-bond acceptors (Lipinski definition) is 2. The molecule has 0 unspecified atom stereocenters. The van der Waals surface area contributed by atoms with Crippen LogP contribution in [0.4, 0.5) is 4.39 Å². The van der Waals surface area contributed by atoms with Gasteiger partial charge in [0.25, 0.3) is 0 Å². The maximum atomic E-state index is 13.1. The van der Waals surface area contributed by atoms with Gasteiger partial charge in [-0.1, -0.05) is 36.9 Å². The lowest BCUT2D eigenvalue weighted by Crippen LogP contribution is -2.25. The van der Waals surface area contributed by atoms with E-state index in [4.69, 9.17) is 16.7 Å². The molecule has 140 valence electrons. The molecular weight excluding hydrogens is 353 g/mol. The molecule has 3 rings (SSSR count). The van der Waals surface area contributed by atoms with Crippen LogP contribution < -0.4 is 5.32 Å². The van der Waals surface area contributed by atoms with Crippen LogP contribution in [0.5, 0.6) is 0 Å². The number of amides is 1. The van der Waals surface area contributed by atoms with Crippen LogP contribution in [0.3, 0.4) is 0 Å². The molecule has 1 aromatic heterocycles. The molecule has 26 heavy (non-hydrogen) atoms. The molecule has 0 saturated heterocycles. The lowest BCUT2D eigenvalue weighted by molar-refractivity contribution is -0.120. The Balaban J connectivity index is 1.64. The number of carbonyl (C=O) groups excluding carboxylic acids is 1. The second-order valence-corrected chi connectivity index (χ2v) is 7.48. The van der Waals surface area contributed by atoms with E-state index >= 15 is 0 Å². The van der Waals surface area contributed by atoms with Gasteiger partial charge in [-0.05, 0) is 44.4 Å². The summed E-state index contributed by atoms with van der Waals surface area (Å²) >= 11 is 6.01. The first-order chi connectivity index (χ1) is 12.5. The van der Waals surface area contributed by atoms with Gasteiger partial charge in [0.2, 0.25) is 5.91 Å². The second-order valence-electron chi connectivity index (χ2n) is 7.08. The van der Waals surface area contributed by atoms with E-state index in [0.717, 1.165) is 29.8 Å². The highest BCUT2D eigenvalue weighted by Crippen LogP contribution is 2.30. The lowest BCUT2D eigenvalue weighted by Gasteiger charge is -2.23. The molecule has 1 saturated carbocycles. The van der Waals surface area contributed by atoms with Crippen molar-refractivity contribution in [3.05, 3.63) is 51.6 Å². The summed E-state index contributed by atoms with van der Waals surface area (Å²) in [4.78, 5) is 12.4. The number of carbonyl (C=O) groups is 1. The van der Waals surface area contributed by atoms with Crippen molar-refractivity contribution >= 4 is 17.5 Å². The topological polar surface area (TPSA) is 46.9 Å². The van der Waals surface area contributed by atoms with E-state index in [1.165, 1.54) is 31.4 Å². The normalized spacial score (nSPS) is 15.2. The molecule has 0 atom stereocenters. The predicted octanol–water partition coefficient (Wildman–Crippen LogP) is 4.66. The number of aromatic nitrogens is 2. The Morgan fingerprint density at radius 3 is 2.73 bits per heavy atom. The van der Waals surface area contributed by atoms with Crippen molar-refractivity contribution in [3.63, 3.8) is 0 Å². The summed E-state index contributed by atoms with van der Waals surface area (Å²) in [6, 6.07) is 4.65. The van der Waals surface area contributed by atoms with E-state index in [0.29, 0.717) is 23.0 Å². The molecule has 1 aliphatic carbocycles. The molecule has 1 heterocycles. The van der Waals surface area contributed by atoms with Crippen LogP contribution in [0.25, 0.3) is 0 Å². The van der Waals surface area contributed by atoms with Crippen molar-refractivity contribution < 1.29 is 9.18 Å². The van der Waals surface area contributed by atoms with Gasteiger partial charge in [-0.2, -0.15) is 5.10 Å². The minimum absolute atomic E-state index is 0.0835. The highest BCUT2D eigenvalue weighted by molar-refractivity contribution is 6.31. The minimum Gasteiger partial charge on any atom is -0.352 e. The summed E-state index contributed by atoms with van der Waals surface area (Å²) in [6.45, 7) is 4.30. The van der Waals surface area contributed by atoms with Gasteiger partial charge in [0.15, 0.2) is 0 Å². The van der Waals surface area contributed by atoms with Crippen LogP contribution in [0.2, 0.25) is 5.02 Å². The van der Waals surface area contributed by atoms with Gasteiger partial charge in [0.05, 0.1) is 18.2 Å². The minimum atomic E-state index is -0.383. The van der Waals surface area contributed by atoms with E-state index in [1.54, 1.807) is 6.07 Å². The zero-order valence-corrected chi connectivity index (χ0v) is 16.1. The van der Waals surface area contributed by atoms with Crippen molar-refractivity contribution in [1.29, 1.82) is 0 Å². The van der Waals surface area contributed by atoms with Crippen LogP contribution in [0, 0.1) is 19.7 Å². The monoisotopic (exact) mass is 377 g/mol. The summed E-state index contributed by atoms with van der Waals surface area (Å²) in [5.74, 6) is -0.466. The van der Waals surface area contributed by atoms with Gasteiger partial charge in [0, 0.05) is 22.8 Å². The first-order valence-electron chi connectivity index (χ1n) is 9.21. The van der Waals surface area contributed by atoms with E-state index in [2.05, 4.69) is 10.00 Å². The Kier molecular flexibility index (Phi) is 5.97. The van der Waals surface area contributed by atoms with Gasteiger partial charge in [-0.15, -0.1) is 0 Å². The van der Waals surface area contributed by atoms with Crippen LogP contribution in [0.15, 0.2) is 18.2 Å². The zero-order valence-electron chi connectivity index (χ0n) is 15.3. The molecule has 0 radical (unpaired) electrons. The average Bonchev–Trinajstić information content (AvgIpc) is 2.90. The molecule has 1 fully saturated rings. The number of hydrogen-bond donors (Lipinski definition) is 1. The number of nitrogens with one attached hydrogen (secondary N) is 1. The Morgan fingerprint density at radius 1 is 1.31 bits per heavy atom. The first-order valence-corrected chi connectivity index (χ1v) is 9.58. The van der Waals surface area contributed by atoms with Crippen molar-refractivity contribution in [1.82, 2.24) is 15.1 Å². The highest BCUT2D eigenvalue weighted by atomic mass is 35.5. The third-order valence-electron chi connectivity index (χ3n) is 5.22. The molecule has 6 heteroatoms. The number of rotatable bonds is 5. The van der Waals surface area contributed by atoms with E-state index in [9.17, 15) is 9.18 Å². The van der Waals surface area contributed by atoms with E-state index < -0.39 is 0 Å². The van der Waals surface area contributed by atoms with Gasteiger partial charge < -0.3 is 5.32 Å². The fourth-order valence-electron chi connectivity index (χ4n) is 3.72. The molecular formula is C20H25ClFN3O. The largest absolute Gasteiger partial charge is 0.352 e. The van der Waals surface area contributed by atoms with E-state index in [1.807, 2.05) is 13.8 Å². The Morgan fingerprint density at radius 2 is 2.04 bits per heavy atom. The Labute approximate surface area is 158 Å². The third-order valence-corrected chi connectivity index (χ3v) is 5.58. The molecule has 1 aromatic carbocycles. The number of aryl methyl sites for hydroxylation is 1. The second kappa shape index (κ2) is 8.21. The summed E-state index contributed by atoms with van der Waals surface area (Å²) in [5, 5.41) is 7.89. The summed E-state index contributed by atoms with van der Waals surface area (Å²) in [5.41, 5.74) is 3.71. The van der Waals surface area contributed by atoms with Crippen molar-refractivity contribution in [3.8, 4) is 0 Å². The highest BCUT2D eigenvalue weighted by Gasteiger charge is 2.22. The van der Waals surface area contributed by atoms with Crippen molar-refractivity contribution in [2.75, 3.05) is 0 Å². The Hall–Kier alpha value is -1.88. The summed E-state index contributed by atoms with van der Waals surface area (Å²) in [7, 11) is 0. The summed E-state index contributed by atoms with van der Waals surface area (Å²) < 4.78 is 15.2. The predicted molar refractivity (Wildman–Crippen MR) is 101 cm³/mol. The molecule has 2 aromatic rings. The zero-order chi connectivity index (χ0) is 18.7. The molecule has 1 N–H and O–H groups in total. The smallest absolute Gasteiger partial charge is 0.224 e. The molecule has 1 aliphatic rings. The number of nitrogens with zero attached hydrogens (tertiary/aromatic N) is 2. The fourth-order valence-corrected chi connectivity index (χ4v) is 3.95. The molecule has 1 amide bonds. The van der Waals surface area contributed by atoms with Crippen molar-refractivity contribution in [2.24, 2.45) is 0 Å². The average molecular weight is 378 g/mol. The fraction of sp³-hybridized carbons (Fsp3) is 0.500. The van der Waals surface area contributed by atoms with Gasteiger partial charge >= 0.3 is 0 Å². The van der Waals surface area contributed by atoms with Crippen LogP contribution in [0.1, 0.15) is 60.7 Å². The van der Waals surface area contributed by atoms with Gasteiger partial charge in [0.1, 0.15) is 5.82 Å². The maximum absolute atomic E-state index is 13.1. The molecule has 0 aliphatic heterocycles. The van der Waals surface area contributed by atoms with Gasteiger partial charge in [-0.25, -0.2) is 4.39 Å². The molecule has 0 spiro atoms. The summed E-state index contributed by atoms with van der Waals surface area (Å²) in [6.07, 6.45) is 6.42. The molecule has 0 bridgehead atoms. The number of halogens is 2. The van der Waals surface area contributed by atoms with E-state index in [-0.39, 0.29) is 18.3 Å². The van der Waals surface area contributed by atoms with Crippen molar-refractivity contribution in [2.45, 2.75) is 65.0 Å². The Bertz CT molecular complexity index is 797. The van der Waals surface area contributed by atoms with Crippen LogP contribution >= 0.6 is 11.6 Å². The third kappa shape index (κ3) is 4.26. The molecule has 4 nitrogen and oxygen atoms in total. The quantitative estimate of drug-likeness (QED) is 0.823. The standard InChI is InChI=1S/C20H25ClFN3O/c1-13-18(14(2)25(24-13)17-6-4-3-5-7-17)11-20(26)23-12-15-8-9-16(22)10-19(15)21/h8-10,17H,3-7,11-12H2,1-2H3,(H,23,26). The lowest BCUT2D eigenvalue weighted by atomic mass is 9.95. The van der Waals surface area contributed by atoms with Crippen LogP contribution in [-0.4, -0.2) is 15.7 Å². The SMILES string of the molecule is Cc1nn(C2CCCCC2)c(C)c1CC(=O)NCc1ccc(F)cc1Cl. The van der Waals surface area contributed by atoms with Crippen LogP contribution in [-0.2, 0) is 17.8 Å². The maximum Gasteiger partial charge on any atom is 0.224 e. The first kappa shape index (κ1) is 18.9. The van der Waals surface area contributed by atoms with Gasteiger partial charge in [-0.3, -0.25) is 9.48 Å². The number of benzene rings is 1.